The van der Waals surface area contributed by atoms with Crippen molar-refractivity contribution >= 4 is 13.6 Å². The van der Waals surface area contributed by atoms with E-state index in [4.69, 9.17) is 14.2 Å². The summed E-state index contributed by atoms with van der Waals surface area (Å²) in [7, 11) is -3.23. The minimum absolute atomic E-state index is 0.295. The van der Waals surface area contributed by atoms with E-state index in [2.05, 4.69) is 0 Å². The average molecular weight is 264 g/mol. The van der Waals surface area contributed by atoms with Crippen molar-refractivity contribution in [1.29, 1.82) is 0 Å². The molecule has 0 aliphatic heterocycles. The number of aliphatic carboxylic acids is 1. The Labute approximate surface area is 102 Å². The molecule has 0 bridgehead atoms. The lowest BCUT2D eigenvalue weighted by atomic mass is 10.1. The molecule has 0 amide bonds. The number of hydrogen-bond acceptors (Lipinski definition) is 4. The van der Waals surface area contributed by atoms with E-state index >= 15 is 0 Å². The second kappa shape index (κ2) is 6.94. The summed E-state index contributed by atoms with van der Waals surface area (Å²) in [5.41, 5.74) is 0. The van der Waals surface area contributed by atoms with Crippen molar-refractivity contribution in [2.45, 2.75) is 39.3 Å². The normalized spacial score (nSPS) is 13.2. The van der Waals surface area contributed by atoms with Crippen molar-refractivity contribution in [3.8, 4) is 0 Å². The summed E-state index contributed by atoms with van der Waals surface area (Å²) in [6.07, 6.45) is 2.81. The minimum Gasteiger partial charge on any atom is -0.478 e. The fraction of sp³-hybridized carbons (Fsp3) is 0.727. The number of allylic oxidation sites excluding steroid dienone is 1. The van der Waals surface area contributed by atoms with Crippen LogP contribution in [0.25, 0.3) is 0 Å². The molecule has 0 aromatic heterocycles. The Hall–Kier alpha value is -0.640. The SMILES string of the molecule is CCOP(=O)(OCC)C(C)(C)C/C=C/C(=O)O. The summed E-state index contributed by atoms with van der Waals surface area (Å²) in [5, 5.41) is 7.76. The molecule has 0 aromatic carbocycles. The van der Waals surface area contributed by atoms with E-state index in [1.54, 1.807) is 27.7 Å². The zero-order valence-electron chi connectivity index (χ0n) is 10.8. The Kier molecular flexibility index (Phi) is 6.68. The molecule has 0 aliphatic rings. The van der Waals surface area contributed by atoms with Gasteiger partial charge in [-0.2, -0.15) is 0 Å². The Morgan fingerprint density at radius 3 is 2.12 bits per heavy atom. The highest BCUT2D eigenvalue weighted by molar-refractivity contribution is 7.55. The first-order valence-corrected chi connectivity index (χ1v) is 7.12. The Morgan fingerprint density at radius 2 is 1.76 bits per heavy atom. The molecule has 0 aliphatic carbocycles. The molecule has 6 heteroatoms. The number of hydrogen-bond donors (Lipinski definition) is 1. The molecular weight excluding hydrogens is 243 g/mol. The van der Waals surface area contributed by atoms with Gasteiger partial charge in [0.05, 0.1) is 18.4 Å². The molecule has 1 N–H and O–H groups in total. The fourth-order valence-electron chi connectivity index (χ4n) is 1.29. The molecule has 0 radical (unpaired) electrons. The van der Waals surface area contributed by atoms with Gasteiger partial charge in [-0.3, -0.25) is 4.57 Å². The third kappa shape index (κ3) is 5.02. The molecule has 17 heavy (non-hydrogen) atoms. The van der Waals surface area contributed by atoms with Crippen LogP contribution in [0.15, 0.2) is 12.2 Å². The van der Waals surface area contributed by atoms with E-state index in [0.29, 0.717) is 19.6 Å². The van der Waals surface area contributed by atoms with Crippen molar-refractivity contribution in [3.05, 3.63) is 12.2 Å². The van der Waals surface area contributed by atoms with Crippen LogP contribution >= 0.6 is 7.60 Å². The quantitative estimate of drug-likeness (QED) is 0.538. The van der Waals surface area contributed by atoms with Gasteiger partial charge in [0.25, 0.3) is 0 Å². The van der Waals surface area contributed by atoms with Crippen LogP contribution in [0.4, 0.5) is 0 Å². The molecular formula is C11H21O5P. The maximum atomic E-state index is 12.5. The second-order valence-corrected chi connectivity index (χ2v) is 6.81. The van der Waals surface area contributed by atoms with Crippen LogP contribution in [-0.4, -0.2) is 29.4 Å². The minimum atomic E-state index is -3.23. The molecule has 0 atom stereocenters. The van der Waals surface area contributed by atoms with Crippen LogP contribution in [0, 0.1) is 0 Å². The van der Waals surface area contributed by atoms with Crippen LogP contribution in [0.1, 0.15) is 34.1 Å². The Balaban J connectivity index is 4.82. The average Bonchev–Trinajstić information content (AvgIpc) is 2.17. The first kappa shape index (κ1) is 16.4. The van der Waals surface area contributed by atoms with Crippen LogP contribution in [0.3, 0.4) is 0 Å². The van der Waals surface area contributed by atoms with Gasteiger partial charge in [-0.05, 0) is 34.1 Å². The van der Waals surface area contributed by atoms with Gasteiger partial charge in [0.1, 0.15) is 0 Å². The number of carbonyl (C=O) groups is 1. The second-order valence-electron chi connectivity index (χ2n) is 4.09. The molecule has 0 fully saturated rings. The summed E-state index contributed by atoms with van der Waals surface area (Å²) >= 11 is 0. The third-order valence-corrected chi connectivity index (χ3v) is 5.08. The molecule has 0 heterocycles. The van der Waals surface area contributed by atoms with Crippen LogP contribution < -0.4 is 0 Å². The smallest absolute Gasteiger partial charge is 0.336 e. The third-order valence-electron chi connectivity index (χ3n) is 2.22. The Bertz CT molecular complexity index is 312. The standard InChI is InChI=1S/C11H21O5P/c1-5-15-17(14,16-6-2)11(3,4)9-7-8-10(12)13/h7-8H,5-6,9H2,1-4H3,(H,12,13)/b8-7+. The summed E-state index contributed by atoms with van der Waals surface area (Å²) in [6.45, 7) is 7.56. The Morgan fingerprint density at radius 1 is 1.29 bits per heavy atom. The molecule has 5 nitrogen and oxygen atoms in total. The van der Waals surface area contributed by atoms with E-state index in [-0.39, 0.29) is 0 Å². The molecule has 0 spiro atoms. The van der Waals surface area contributed by atoms with Gasteiger partial charge in [0.15, 0.2) is 0 Å². The lowest BCUT2D eigenvalue weighted by Crippen LogP contribution is -2.23. The lowest BCUT2D eigenvalue weighted by Gasteiger charge is -2.31. The molecule has 0 saturated carbocycles. The monoisotopic (exact) mass is 264 g/mol. The zero-order chi connectivity index (χ0) is 13.5. The first-order chi connectivity index (χ1) is 7.79. The van der Waals surface area contributed by atoms with Crippen LogP contribution in [0.2, 0.25) is 0 Å². The van der Waals surface area contributed by atoms with Gasteiger partial charge in [-0.1, -0.05) is 6.08 Å². The zero-order valence-corrected chi connectivity index (χ0v) is 11.7. The topological polar surface area (TPSA) is 72.8 Å². The summed E-state index contributed by atoms with van der Waals surface area (Å²) in [6, 6.07) is 0. The predicted molar refractivity (Wildman–Crippen MR) is 66.3 cm³/mol. The van der Waals surface area contributed by atoms with Gasteiger partial charge in [0.2, 0.25) is 0 Å². The fourth-order valence-corrected chi connectivity index (χ4v) is 3.07. The van der Waals surface area contributed by atoms with Crippen molar-refractivity contribution in [1.82, 2.24) is 0 Å². The summed E-state index contributed by atoms with van der Waals surface area (Å²) in [5.74, 6) is -1.02. The predicted octanol–water partition coefficient (Wildman–Crippen LogP) is 3.06. The van der Waals surface area contributed by atoms with Crippen molar-refractivity contribution in [2.24, 2.45) is 0 Å². The van der Waals surface area contributed by atoms with E-state index in [1.165, 1.54) is 6.08 Å². The number of carboxylic acids is 1. The van der Waals surface area contributed by atoms with E-state index in [0.717, 1.165) is 6.08 Å². The highest BCUT2D eigenvalue weighted by atomic mass is 31.2. The molecule has 0 unspecified atom stereocenters. The van der Waals surface area contributed by atoms with E-state index in [9.17, 15) is 9.36 Å². The summed E-state index contributed by atoms with van der Waals surface area (Å²) in [4.78, 5) is 10.4. The van der Waals surface area contributed by atoms with Gasteiger partial charge < -0.3 is 14.2 Å². The first-order valence-electron chi connectivity index (χ1n) is 5.57. The lowest BCUT2D eigenvalue weighted by molar-refractivity contribution is -0.131. The molecule has 0 saturated heterocycles. The van der Waals surface area contributed by atoms with Gasteiger partial charge in [-0.25, -0.2) is 4.79 Å². The van der Waals surface area contributed by atoms with Gasteiger partial charge in [-0.15, -0.1) is 0 Å². The summed E-state index contributed by atoms with van der Waals surface area (Å²) < 4.78 is 23.0. The molecule has 0 aromatic rings. The van der Waals surface area contributed by atoms with Gasteiger partial charge >= 0.3 is 13.6 Å². The van der Waals surface area contributed by atoms with E-state index in [1.807, 2.05) is 0 Å². The highest BCUT2D eigenvalue weighted by Gasteiger charge is 2.42. The van der Waals surface area contributed by atoms with Gasteiger partial charge in [0, 0.05) is 6.08 Å². The largest absolute Gasteiger partial charge is 0.478 e. The van der Waals surface area contributed by atoms with Crippen molar-refractivity contribution in [2.75, 3.05) is 13.2 Å². The number of rotatable bonds is 8. The molecule has 0 rings (SSSR count). The van der Waals surface area contributed by atoms with Crippen LogP contribution in [0.5, 0.6) is 0 Å². The maximum Gasteiger partial charge on any atom is 0.336 e. The van der Waals surface area contributed by atoms with Crippen LogP contribution in [-0.2, 0) is 18.4 Å². The molecule has 100 valence electrons. The van der Waals surface area contributed by atoms with Crippen molar-refractivity contribution < 1.29 is 23.5 Å². The van der Waals surface area contributed by atoms with Crippen molar-refractivity contribution in [3.63, 3.8) is 0 Å². The number of carboxylic acid groups (broad SMARTS) is 1. The maximum absolute atomic E-state index is 12.5. The highest BCUT2D eigenvalue weighted by Crippen LogP contribution is 2.61. The van der Waals surface area contributed by atoms with E-state index < -0.39 is 18.7 Å².